The number of nitrogens with one attached hydrogen (secondary N) is 2. The number of imidazole rings is 1. The van der Waals surface area contributed by atoms with Crippen molar-refractivity contribution < 1.29 is 5.11 Å². The van der Waals surface area contributed by atoms with Crippen molar-refractivity contribution in [3.63, 3.8) is 0 Å². The molecule has 0 saturated heterocycles. The molecule has 1 saturated carbocycles. The van der Waals surface area contributed by atoms with E-state index in [9.17, 15) is 5.11 Å². The lowest BCUT2D eigenvalue weighted by Crippen LogP contribution is -2.17. The van der Waals surface area contributed by atoms with Gasteiger partial charge in [0.05, 0.1) is 28.9 Å². The predicted octanol–water partition coefficient (Wildman–Crippen LogP) is 5.14. The third-order valence-electron chi connectivity index (χ3n) is 6.90. The quantitative estimate of drug-likeness (QED) is 0.285. The van der Waals surface area contributed by atoms with Crippen LogP contribution in [0.4, 0.5) is 0 Å². The molecule has 4 aromatic rings. The Morgan fingerprint density at radius 3 is 2.80 bits per heavy atom. The molecule has 1 aromatic carbocycles. The van der Waals surface area contributed by atoms with Crippen LogP contribution in [0, 0.1) is 0 Å². The third-order valence-corrected chi connectivity index (χ3v) is 9.09. The number of rotatable bonds is 5. The maximum absolute atomic E-state index is 9.93. The Balaban J connectivity index is 1.38. The minimum Gasteiger partial charge on any atom is -0.393 e. The summed E-state index contributed by atoms with van der Waals surface area (Å²) in [5, 5.41) is 18.8. The smallest absolute Gasteiger partial charge is 0.159 e. The van der Waals surface area contributed by atoms with Crippen LogP contribution < -0.4 is 0 Å². The summed E-state index contributed by atoms with van der Waals surface area (Å²) in [5.41, 5.74) is 8.80. The van der Waals surface area contributed by atoms with E-state index in [1.165, 1.54) is 22.3 Å². The Kier molecular flexibility index (Phi) is 6.11. The molecule has 35 heavy (non-hydrogen) atoms. The van der Waals surface area contributed by atoms with Crippen LogP contribution in [0.1, 0.15) is 42.7 Å². The zero-order valence-electron chi connectivity index (χ0n) is 19.9. The van der Waals surface area contributed by atoms with Crippen LogP contribution in [-0.4, -0.2) is 65.9 Å². The minimum atomic E-state index is -0.175. The van der Waals surface area contributed by atoms with Crippen molar-refractivity contribution in [1.29, 1.82) is 0 Å². The van der Waals surface area contributed by atoms with Crippen LogP contribution in [-0.2, 0) is 0 Å². The first-order valence-electron chi connectivity index (χ1n) is 12.1. The van der Waals surface area contributed by atoms with Crippen molar-refractivity contribution in [2.24, 2.45) is 0 Å². The third kappa shape index (κ3) is 4.50. The summed E-state index contributed by atoms with van der Waals surface area (Å²) in [6.07, 6.45) is 9.54. The molecule has 4 heterocycles. The number of aromatic nitrogens is 5. The molecule has 1 fully saturated rings. The van der Waals surface area contributed by atoms with E-state index in [-0.39, 0.29) is 26.8 Å². The maximum atomic E-state index is 9.93. The van der Waals surface area contributed by atoms with Gasteiger partial charge in [0, 0.05) is 23.7 Å². The standard InChI is InChI=1S/C27H29IN6O/c1-34(2)15-16-9-19(12-28-11-16)18-5-8-23-21(10-18)26(33-32-23)27-30-24-14-29-13-22(25(24)31-27)17-3-6-20(35)7-4-17/h5,8-14,17,20,35H,3-4,6-7,15H2,1-2H3,(H,30,31)(H,32,33). The van der Waals surface area contributed by atoms with Gasteiger partial charge >= 0.3 is 0 Å². The van der Waals surface area contributed by atoms with Crippen molar-refractivity contribution in [2.45, 2.75) is 37.7 Å². The Morgan fingerprint density at radius 1 is 1.11 bits per heavy atom. The number of benzene rings is 1. The molecule has 7 nitrogen and oxygen atoms in total. The number of nitrogens with zero attached hydrogens (tertiary/aromatic N) is 4. The topological polar surface area (TPSA) is 93.7 Å². The summed E-state index contributed by atoms with van der Waals surface area (Å²) < 4.78 is 4.79. The Morgan fingerprint density at radius 2 is 1.97 bits per heavy atom. The summed E-state index contributed by atoms with van der Waals surface area (Å²) in [6.45, 7) is 0.964. The van der Waals surface area contributed by atoms with Gasteiger partial charge in [0.2, 0.25) is 0 Å². The molecule has 0 amide bonds. The molecule has 1 aliphatic heterocycles. The van der Waals surface area contributed by atoms with E-state index in [1.54, 1.807) is 0 Å². The van der Waals surface area contributed by atoms with Crippen LogP contribution in [0.5, 0.6) is 0 Å². The monoisotopic (exact) mass is 580 g/mol. The van der Waals surface area contributed by atoms with Crippen molar-refractivity contribution in [3.8, 4) is 11.5 Å². The average molecular weight is 580 g/mol. The van der Waals surface area contributed by atoms with E-state index in [4.69, 9.17) is 4.98 Å². The van der Waals surface area contributed by atoms with Gasteiger partial charge in [-0.15, -0.1) is 0 Å². The summed E-state index contributed by atoms with van der Waals surface area (Å²) >= 11 is -0.0828. The highest BCUT2D eigenvalue weighted by Crippen LogP contribution is 2.37. The van der Waals surface area contributed by atoms with Crippen molar-refractivity contribution in [3.05, 3.63) is 57.5 Å². The first-order valence-corrected chi connectivity index (χ1v) is 14.6. The van der Waals surface area contributed by atoms with Crippen LogP contribution in [0.25, 0.3) is 39.0 Å². The lowest BCUT2D eigenvalue weighted by Gasteiger charge is -2.25. The molecule has 0 unspecified atom stereocenters. The Bertz CT molecular complexity index is 1490. The first kappa shape index (κ1) is 22.8. The molecule has 3 N–H and O–H groups in total. The lowest BCUT2D eigenvalue weighted by atomic mass is 9.83. The fourth-order valence-corrected chi connectivity index (χ4v) is 7.11. The molecule has 180 valence electrons. The average Bonchev–Trinajstić information content (AvgIpc) is 3.48. The highest BCUT2D eigenvalue weighted by molar-refractivity contribution is 14.2. The summed E-state index contributed by atoms with van der Waals surface area (Å²) in [4.78, 5) is 15.2. The second-order valence-corrected chi connectivity index (χ2v) is 11.8. The summed E-state index contributed by atoms with van der Waals surface area (Å²) in [5.74, 6) is 1.14. The van der Waals surface area contributed by atoms with Crippen molar-refractivity contribution in [2.75, 3.05) is 20.6 Å². The molecule has 0 bridgehead atoms. The SMILES string of the molecule is CN(C)CC1=CC(c2ccc3[nH]nc(-c4nc5c(C6CCC(O)CC6)cncc5[nH]4)c3c2)=CI=C1. The largest absolute Gasteiger partial charge is 0.393 e. The van der Waals surface area contributed by atoms with E-state index in [0.29, 0.717) is 5.92 Å². The van der Waals surface area contributed by atoms with Gasteiger partial charge in [0.25, 0.3) is 0 Å². The fraction of sp³-hybridized carbons (Fsp3) is 0.333. The normalized spacial score (nSPS) is 20.8. The lowest BCUT2D eigenvalue weighted by molar-refractivity contribution is 0.122. The maximum Gasteiger partial charge on any atom is 0.159 e. The number of likely N-dealkylation sites (N-methyl/N-ethyl adjacent to an activating group) is 1. The van der Waals surface area contributed by atoms with Crippen molar-refractivity contribution >= 4 is 52.3 Å². The van der Waals surface area contributed by atoms with E-state index in [0.717, 1.165) is 65.7 Å². The molecular weight excluding hydrogens is 551 g/mol. The number of allylic oxidation sites excluding steroid dienone is 2. The van der Waals surface area contributed by atoms with Gasteiger partial charge in [0.15, 0.2) is 5.82 Å². The molecule has 3 aromatic heterocycles. The molecule has 6 rings (SSSR count). The summed E-state index contributed by atoms with van der Waals surface area (Å²) in [6, 6.07) is 6.52. The van der Waals surface area contributed by atoms with Crippen LogP contribution in [0.2, 0.25) is 0 Å². The molecule has 1 aliphatic carbocycles. The number of halogens is 1. The Hall–Kier alpha value is -2.69. The highest BCUT2D eigenvalue weighted by atomic mass is 127. The van der Waals surface area contributed by atoms with E-state index < -0.39 is 0 Å². The zero-order chi connectivity index (χ0) is 23.9. The predicted molar refractivity (Wildman–Crippen MR) is 151 cm³/mol. The fourth-order valence-electron chi connectivity index (χ4n) is 5.16. The van der Waals surface area contributed by atoms with Gasteiger partial charge < -0.3 is 15.0 Å². The van der Waals surface area contributed by atoms with Gasteiger partial charge in [-0.25, -0.2) is 4.98 Å². The van der Waals surface area contributed by atoms with Crippen LogP contribution in [0.15, 0.2) is 46.3 Å². The summed E-state index contributed by atoms with van der Waals surface area (Å²) in [7, 11) is 4.22. The number of H-pyrrole nitrogens is 2. The second kappa shape index (κ2) is 9.40. The number of aliphatic hydroxyl groups is 1. The molecule has 8 heteroatoms. The highest BCUT2D eigenvalue weighted by Gasteiger charge is 2.24. The van der Waals surface area contributed by atoms with Gasteiger partial charge in [-0.3, -0.25) is 10.1 Å². The number of hydrogen-bond donors (Lipinski definition) is 3. The zero-order valence-corrected chi connectivity index (χ0v) is 22.1. The van der Waals surface area contributed by atoms with E-state index in [1.807, 2.05) is 12.4 Å². The number of aromatic amines is 2. The van der Waals surface area contributed by atoms with Crippen LogP contribution >= 0.6 is 20.7 Å². The Labute approximate surface area is 214 Å². The molecule has 0 spiro atoms. The van der Waals surface area contributed by atoms with E-state index >= 15 is 0 Å². The number of pyridine rings is 1. The van der Waals surface area contributed by atoms with Crippen molar-refractivity contribution in [1.82, 2.24) is 30.0 Å². The minimum absolute atomic E-state index is 0.0828. The first-order chi connectivity index (χ1) is 17.0. The van der Waals surface area contributed by atoms with Gasteiger partial charge in [-0.05, 0) is 88.7 Å². The number of hydrogen-bond acceptors (Lipinski definition) is 5. The second-order valence-electron chi connectivity index (χ2n) is 9.80. The number of aliphatic hydroxyl groups excluding tert-OH is 1. The van der Waals surface area contributed by atoms with Gasteiger partial charge in [-0.2, -0.15) is 5.10 Å². The van der Waals surface area contributed by atoms with Crippen LogP contribution in [0.3, 0.4) is 0 Å². The molecule has 0 radical (unpaired) electrons. The molecular formula is C27H29IN6O. The molecule has 0 atom stereocenters. The number of fused-ring (bicyclic) bond motifs is 2. The van der Waals surface area contributed by atoms with Gasteiger partial charge in [0.1, 0.15) is 5.69 Å². The molecule has 2 aliphatic rings. The van der Waals surface area contributed by atoms with E-state index in [2.05, 4.69) is 71.5 Å². The van der Waals surface area contributed by atoms with Gasteiger partial charge in [-0.1, -0.05) is 26.8 Å².